The molecule has 2 aromatic carbocycles. The number of hydrogen-bond donors (Lipinski definition) is 3. The molecule has 3 aromatic rings. The van der Waals surface area contributed by atoms with Gasteiger partial charge in [0.05, 0.1) is 11.0 Å². The summed E-state index contributed by atoms with van der Waals surface area (Å²) in [6, 6.07) is 8.56. The van der Waals surface area contributed by atoms with Crippen LogP contribution in [0.3, 0.4) is 0 Å². The van der Waals surface area contributed by atoms with Crippen LogP contribution < -0.4 is 0 Å². The van der Waals surface area contributed by atoms with Crippen LogP contribution in [0.5, 0.6) is 11.5 Å². The Labute approximate surface area is 101 Å². The highest BCUT2D eigenvalue weighted by Gasteiger charge is 2.14. The molecule has 0 aliphatic carbocycles. The average Bonchev–Trinajstić information content (AvgIpc) is 2.71. The Morgan fingerprint density at radius 1 is 1.06 bits per heavy atom. The average molecular weight is 244 g/mol. The first-order valence-electron chi connectivity index (χ1n) is 5.32. The van der Waals surface area contributed by atoms with Crippen molar-refractivity contribution in [1.29, 1.82) is 0 Å². The lowest BCUT2D eigenvalue weighted by atomic mass is 10.1. The minimum absolute atomic E-state index is 0.0884. The van der Waals surface area contributed by atoms with Crippen LogP contribution in [0, 0.1) is 5.82 Å². The Kier molecular flexibility index (Phi) is 2.19. The Morgan fingerprint density at radius 2 is 1.78 bits per heavy atom. The molecule has 3 N–H and O–H groups in total. The number of phenols is 2. The lowest BCUT2D eigenvalue weighted by molar-refractivity contribution is 0.453. The number of halogens is 1. The highest BCUT2D eigenvalue weighted by Crippen LogP contribution is 2.35. The van der Waals surface area contributed by atoms with E-state index in [1.165, 1.54) is 36.4 Å². The summed E-state index contributed by atoms with van der Waals surface area (Å²) in [4.78, 5) is 7.07. The van der Waals surface area contributed by atoms with Gasteiger partial charge in [0.1, 0.15) is 28.7 Å². The van der Waals surface area contributed by atoms with Crippen LogP contribution in [-0.4, -0.2) is 20.2 Å². The molecular weight excluding hydrogens is 235 g/mol. The number of aromatic nitrogens is 2. The van der Waals surface area contributed by atoms with Gasteiger partial charge in [-0.2, -0.15) is 0 Å². The molecule has 0 aliphatic heterocycles. The summed E-state index contributed by atoms with van der Waals surface area (Å²) in [5.41, 5.74) is 1.27. The van der Waals surface area contributed by atoms with Crippen LogP contribution >= 0.6 is 0 Å². The summed E-state index contributed by atoms with van der Waals surface area (Å²) in [6.45, 7) is 0. The summed E-state index contributed by atoms with van der Waals surface area (Å²) in [7, 11) is 0. The second kappa shape index (κ2) is 3.73. The van der Waals surface area contributed by atoms with Crippen molar-refractivity contribution in [2.75, 3.05) is 0 Å². The van der Waals surface area contributed by atoms with Crippen LogP contribution in [-0.2, 0) is 0 Å². The fourth-order valence-corrected chi connectivity index (χ4v) is 1.87. The maximum absolute atomic E-state index is 13.1. The molecule has 0 amide bonds. The van der Waals surface area contributed by atoms with E-state index in [-0.39, 0.29) is 22.9 Å². The summed E-state index contributed by atoms with van der Waals surface area (Å²) in [5.74, 6) is -0.255. The standard InChI is InChI=1S/C13H9FN2O2/c14-7-4-5-8-9(6-7)16-13(15-8)12-10(17)2-1-3-11(12)18/h1-6,17-18H,(H,15,16). The molecule has 0 radical (unpaired) electrons. The topological polar surface area (TPSA) is 69.1 Å². The zero-order valence-electron chi connectivity index (χ0n) is 9.18. The minimum Gasteiger partial charge on any atom is -0.507 e. The SMILES string of the molecule is Oc1cccc(O)c1-c1nc2ccc(F)cc2[nH]1. The van der Waals surface area contributed by atoms with Crippen molar-refractivity contribution < 1.29 is 14.6 Å². The van der Waals surface area contributed by atoms with Gasteiger partial charge in [-0.05, 0) is 30.3 Å². The van der Waals surface area contributed by atoms with Gasteiger partial charge >= 0.3 is 0 Å². The van der Waals surface area contributed by atoms with Gasteiger partial charge in [0.15, 0.2) is 0 Å². The zero-order chi connectivity index (χ0) is 12.7. The minimum atomic E-state index is -0.376. The number of nitrogens with one attached hydrogen (secondary N) is 1. The quantitative estimate of drug-likeness (QED) is 0.616. The number of aromatic amines is 1. The molecule has 90 valence electrons. The summed E-state index contributed by atoms with van der Waals surface area (Å²) >= 11 is 0. The lowest BCUT2D eigenvalue weighted by Gasteiger charge is -2.02. The molecule has 1 aromatic heterocycles. The van der Waals surface area contributed by atoms with Gasteiger partial charge in [-0.15, -0.1) is 0 Å². The van der Waals surface area contributed by atoms with Crippen molar-refractivity contribution in [3.05, 3.63) is 42.2 Å². The Bertz CT molecular complexity index is 717. The largest absolute Gasteiger partial charge is 0.507 e. The van der Waals surface area contributed by atoms with Gasteiger partial charge in [0, 0.05) is 0 Å². The Balaban J connectivity index is 2.26. The maximum Gasteiger partial charge on any atom is 0.146 e. The van der Waals surface area contributed by atoms with Crippen molar-refractivity contribution in [2.24, 2.45) is 0 Å². The molecule has 0 atom stereocenters. The van der Waals surface area contributed by atoms with Crippen LogP contribution in [0.2, 0.25) is 0 Å². The van der Waals surface area contributed by atoms with Gasteiger partial charge in [-0.25, -0.2) is 9.37 Å². The molecule has 0 bridgehead atoms. The van der Waals surface area contributed by atoms with Crippen molar-refractivity contribution in [3.8, 4) is 22.9 Å². The second-order valence-corrected chi connectivity index (χ2v) is 3.92. The van der Waals surface area contributed by atoms with Crippen molar-refractivity contribution >= 4 is 11.0 Å². The van der Waals surface area contributed by atoms with Gasteiger partial charge < -0.3 is 15.2 Å². The molecule has 0 saturated carbocycles. The predicted molar refractivity (Wildman–Crippen MR) is 64.8 cm³/mol. The lowest BCUT2D eigenvalue weighted by Crippen LogP contribution is -1.82. The van der Waals surface area contributed by atoms with E-state index in [1.54, 1.807) is 0 Å². The van der Waals surface area contributed by atoms with Crippen LogP contribution in [0.1, 0.15) is 0 Å². The Hall–Kier alpha value is -2.56. The molecule has 0 spiro atoms. The van der Waals surface area contributed by atoms with E-state index < -0.39 is 0 Å². The highest BCUT2D eigenvalue weighted by molar-refractivity contribution is 5.82. The number of benzene rings is 2. The maximum atomic E-state index is 13.1. The summed E-state index contributed by atoms with van der Waals surface area (Å²) in [6.07, 6.45) is 0. The van der Waals surface area contributed by atoms with Crippen LogP contribution in [0.25, 0.3) is 22.4 Å². The van der Waals surface area contributed by atoms with E-state index in [4.69, 9.17) is 0 Å². The molecule has 0 aliphatic rings. The molecule has 0 saturated heterocycles. The normalized spacial score (nSPS) is 10.9. The van der Waals surface area contributed by atoms with E-state index in [2.05, 4.69) is 9.97 Å². The van der Waals surface area contributed by atoms with E-state index >= 15 is 0 Å². The highest BCUT2D eigenvalue weighted by atomic mass is 19.1. The Morgan fingerprint density at radius 3 is 2.50 bits per heavy atom. The van der Waals surface area contributed by atoms with E-state index in [1.807, 2.05) is 0 Å². The number of imidazole rings is 1. The molecule has 4 nitrogen and oxygen atoms in total. The number of H-pyrrole nitrogens is 1. The third-order valence-electron chi connectivity index (χ3n) is 2.70. The molecule has 5 heteroatoms. The van der Waals surface area contributed by atoms with Gasteiger partial charge in [0.25, 0.3) is 0 Å². The predicted octanol–water partition coefficient (Wildman–Crippen LogP) is 2.78. The number of fused-ring (bicyclic) bond motifs is 1. The first-order valence-corrected chi connectivity index (χ1v) is 5.32. The number of nitrogens with zero attached hydrogens (tertiary/aromatic N) is 1. The van der Waals surface area contributed by atoms with Crippen molar-refractivity contribution in [2.45, 2.75) is 0 Å². The van der Waals surface area contributed by atoms with Crippen molar-refractivity contribution in [3.63, 3.8) is 0 Å². The molecule has 1 heterocycles. The molecule has 0 unspecified atom stereocenters. The van der Waals surface area contributed by atoms with Crippen LogP contribution in [0.4, 0.5) is 4.39 Å². The van der Waals surface area contributed by atoms with E-state index in [0.29, 0.717) is 16.9 Å². The fraction of sp³-hybridized carbons (Fsp3) is 0. The number of phenolic OH excluding ortho intramolecular Hbond substituents is 2. The summed E-state index contributed by atoms with van der Waals surface area (Å²) in [5, 5.41) is 19.5. The fourth-order valence-electron chi connectivity index (χ4n) is 1.87. The second-order valence-electron chi connectivity index (χ2n) is 3.92. The first kappa shape index (κ1) is 10.6. The molecule has 3 rings (SSSR count). The first-order chi connectivity index (χ1) is 8.65. The molecular formula is C13H9FN2O2. The van der Waals surface area contributed by atoms with E-state index in [9.17, 15) is 14.6 Å². The third-order valence-corrected chi connectivity index (χ3v) is 2.70. The zero-order valence-corrected chi connectivity index (χ0v) is 9.18. The van der Waals surface area contributed by atoms with Crippen LogP contribution in [0.15, 0.2) is 36.4 Å². The van der Waals surface area contributed by atoms with Gasteiger partial charge in [-0.3, -0.25) is 0 Å². The monoisotopic (exact) mass is 244 g/mol. The van der Waals surface area contributed by atoms with E-state index in [0.717, 1.165) is 0 Å². The van der Waals surface area contributed by atoms with Gasteiger partial charge in [0.2, 0.25) is 0 Å². The van der Waals surface area contributed by atoms with Crippen molar-refractivity contribution in [1.82, 2.24) is 9.97 Å². The number of hydrogen-bond acceptors (Lipinski definition) is 3. The molecule has 0 fully saturated rings. The number of rotatable bonds is 1. The molecule has 18 heavy (non-hydrogen) atoms. The smallest absolute Gasteiger partial charge is 0.146 e. The summed E-state index contributed by atoms with van der Waals surface area (Å²) < 4.78 is 13.1. The van der Waals surface area contributed by atoms with Gasteiger partial charge in [-0.1, -0.05) is 6.07 Å². The third kappa shape index (κ3) is 1.57. The number of aromatic hydroxyl groups is 2.